The number of benzene rings is 1. The molecular formula is C14H20N2O3. The molecule has 0 aliphatic carbocycles. The highest BCUT2D eigenvalue weighted by Crippen LogP contribution is 2.35. The Hall–Kier alpha value is -1.46. The van der Waals surface area contributed by atoms with Gasteiger partial charge in [-0.1, -0.05) is 12.1 Å². The molecular weight excluding hydrogens is 244 g/mol. The number of hydrogen-bond acceptors (Lipinski definition) is 4. The van der Waals surface area contributed by atoms with Crippen molar-refractivity contribution in [3.05, 3.63) is 39.4 Å². The van der Waals surface area contributed by atoms with E-state index in [2.05, 4.69) is 0 Å². The van der Waals surface area contributed by atoms with Crippen molar-refractivity contribution in [2.45, 2.75) is 26.2 Å². The average molecular weight is 264 g/mol. The molecule has 1 aromatic rings. The minimum absolute atomic E-state index is 0.0260. The summed E-state index contributed by atoms with van der Waals surface area (Å²) in [5.74, 6) is 0. The predicted molar refractivity (Wildman–Crippen MR) is 73.1 cm³/mol. The Kier molecular flexibility index (Phi) is 4.17. The summed E-state index contributed by atoms with van der Waals surface area (Å²) in [6, 6.07) is 5.27. The fourth-order valence-electron chi connectivity index (χ4n) is 2.72. The van der Waals surface area contributed by atoms with E-state index in [-0.39, 0.29) is 16.0 Å². The van der Waals surface area contributed by atoms with Gasteiger partial charge in [0.05, 0.1) is 4.92 Å². The first-order chi connectivity index (χ1) is 9.08. The van der Waals surface area contributed by atoms with Crippen molar-refractivity contribution in [2.75, 3.05) is 19.8 Å². The standard InChI is InChI=1S/C14H20N2O3/c1-11-12(3-2-4-13(11)16(17)18)9-14(10-15)5-7-19-8-6-14/h2-4H,5-10,15H2,1H3. The van der Waals surface area contributed by atoms with Crippen molar-refractivity contribution in [3.8, 4) is 0 Å². The molecule has 0 spiro atoms. The number of nitro benzene ring substituents is 1. The third-order valence-corrected chi connectivity index (χ3v) is 4.17. The molecule has 5 nitrogen and oxygen atoms in total. The number of rotatable bonds is 4. The van der Waals surface area contributed by atoms with E-state index in [9.17, 15) is 10.1 Å². The van der Waals surface area contributed by atoms with Crippen molar-refractivity contribution in [1.82, 2.24) is 0 Å². The Morgan fingerprint density at radius 1 is 1.42 bits per heavy atom. The molecule has 2 N–H and O–H groups in total. The van der Waals surface area contributed by atoms with Gasteiger partial charge >= 0.3 is 0 Å². The van der Waals surface area contributed by atoms with Crippen LogP contribution < -0.4 is 5.73 Å². The van der Waals surface area contributed by atoms with Crippen LogP contribution in [0.2, 0.25) is 0 Å². The second-order valence-electron chi connectivity index (χ2n) is 5.31. The number of nitrogens with zero attached hydrogens (tertiary/aromatic N) is 1. The molecule has 5 heteroatoms. The molecule has 1 aromatic carbocycles. The highest BCUT2D eigenvalue weighted by molar-refractivity contribution is 5.44. The molecule has 0 radical (unpaired) electrons. The maximum Gasteiger partial charge on any atom is 0.272 e. The van der Waals surface area contributed by atoms with Gasteiger partial charge in [0, 0.05) is 24.8 Å². The number of nitrogens with two attached hydrogens (primary N) is 1. The molecule has 1 saturated heterocycles. The van der Waals surface area contributed by atoms with Crippen LogP contribution in [0.5, 0.6) is 0 Å². The third kappa shape index (κ3) is 2.93. The summed E-state index contributed by atoms with van der Waals surface area (Å²) in [7, 11) is 0. The Morgan fingerprint density at radius 2 is 2.11 bits per heavy atom. The Balaban J connectivity index is 2.27. The lowest BCUT2D eigenvalue weighted by Crippen LogP contribution is -2.38. The van der Waals surface area contributed by atoms with E-state index in [0.29, 0.717) is 6.54 Å². The topological polar surface area (TPSA) is 78.4 Å². The average Bonchev–Trinajstić information content (AvgIpc) is 2.42. The summed E-state index contributed by atoms with van der Waals surface area (Å²) in [6.45, 7) is 3.87. The van der Waals surface area contributed by atoms with Crippen LogP contribution in [0.15, 0.2) is 18.2 Å². The number of ether oxygens (including phenoxy) is 1. The molecule has 1 heterocycles. The SMILES string of the molecule is Cc1c(CC2(CN)CCOCC2)cccc1[N+](=O)[O-]. The van der Waals surface area contributed by atoms with Crippen molar-refractivity contribution in [2.24, 2.45) is 11.1 Å². The predicted octanol–water partition coefficient (Wildman–Crippen LogP) is 2.20. The van der Waals surface area contributed by atoms with Gasteiger partial charge in [0.1, 0.15) is 0 Å². The molecule has 104 valence electrons. The molecule has 0 atom stereocenters. The molecule has 0 aromatic heterocycles. The molecule has 0 unspecified atom stereocenters. The minimum atomic E-state index is -0.321. The Bertz CT molecular complexity index is 468. The fourth-order valence-corrected chi connectivity index (χ4v) is 2.72. The van der Waals surface area contributed by atoms with E-state index in [1.807, 2.05) is 13.0 Å². The maximum atomic E-state index is 11.0. The number of hydrogen-bond donors (Lipinski definition) is 1. The summed E-state index contributed by atoms with van der Waals surface area (Å²) in [4.78, 5) is 10.7. The zero-order valence-corrected chi connectivity index (χ0v) is 11.2. The fraction of sp³-hybridized carbons (Fsp3) is 0.571. The van der Waals surface area contributed by atoms with E-state index in [0.717, 1.165) is 43.6 Å². The van der Waals surface area contributed by atoms with E-state index in [1.165, 1.54) is 0 Å². The maximum absolute atomic E-state index is 11.0. The second-order valence-corrected chi connectivity index (χ2v) is 5.31. The summed E-state index contributed by atoms with van der Waals surface area (Å²) < 4.78 is 5.39. The molecule has 1 aliphatic rings. The molecule has 1 aliphatic heterocycles. The molecule has 1 fully saturated rings. The zero-order chi connectivity index (χ0) is 13.9. The van der Waals surface area contributed by atoms with Crippen molar-refractivity contribution >= 4 is 5.69 Å². The highest BCUT2D eigenvalue weighted by atomic mass is 16.6. The van der Waals surface area contributed by atoms with Gasteiger partial charge < -0.3 is 10.5 Å². The first kappa shape index (κ1) is 14.0. The van der Waals surface area contributed by atoms with Gasteiger partial charge in [0.25, 0.3) is 5.69 Å². The molecule has 0 amide bonds. The van der Waals surface area contributed by atoms with Crippen LogP contribution in [0.3, 0.4) is 0 Å². The van der Waals surface area contributed by atoms with Gasteiger partial charge in [-0.3, -0.25) is 10.1 Å². The van der Waals surface area contributed by atoms with Crippen molar-refractivity contribution < 1.29 is 9.66 Å². The molecule has 2 rings (SSSR count). The number of nitro groups is 1. The van der Waals surface area contributed by atoms with Crippen LogP contribution in [0.25, 0.3) is 0 Å². The smallest absolute Gasteiger partial charge is 0.272 e. The van der Waals surface area contributed by atoms with Crippen LogP contribution in [0.1, 0.15) is 24.0 Å². The summed E-state index contributed by atoms with van der Waals surface area (Å²) in [5, 5.41) is 11.0. The lowest BCUT2D eigenvalue weighted by Gasteiger charge is -2.36. The summed E-state index contributed by atoms with van der Waals surface area (Å²) in [6.07, 6.45) is 2.64. The quantitative estimate of drug-likeness (QED) is 0.668. The third-order valence-electron chi connectivity index (χ3n) is 4.17. The van der Waals surface area contributed by atoms with E-state index in [1.54, 1.807) is 12.1 Å². The lowest BCUT2D eigenvalue weighted by molar-refractivity contribution is -0.385. The van der Waals surface area contributed by atoms with Crippen LogP contribution in [0.4, 0.5) is 5.69 Å². The molecule has 0 saturated carbocycles. The second kappa shape index (κ2) is 5.67. The van der Waals surface area contributed by atoms with Crippen molar-refractivity contribution in [3.63, 3.8) is 0 Å². The first-order valence-electron chi connectivity index (χ1n) is 6.59. The molecule has 19 heavy (non-hydrogen) atoms. The first-order valence-corrected chi connectivity index (χ1v) is 6.59. The summed E-state index contributed by atoms with van der Waals surface area (Å²) in [5.41, 5.74) is 7.95. The van der Waals surface area contributed by atoms with Gasteiger partial charge in [0.15, 0.2) is 0 Å². The van der Waals surface area contributed by atoms with Crippen molar-refractivity contribution in [1.29, 1.82) is 0 Å². The lowest BCUT2D eigenvalue weighted by atomic mass is 9.74. The van der Waals surface area contributed by atoms with Crippen LogP contribution in [-0.4, -0.2) is 24.7 Å². The van der Waals surface area contributed by atoms with Gasteiger partial charge in [0.2, 0.25) is 0 Å². The summed E-state index contributed by atoms with van der Waals surface area (Å²) >= 11 is 0. The normalized spacial score (nSPS) is 18.2. The van der Waals surface area contributed by atoms with E-state index >= 15 is 0 Å². The minimum Gasteiger partial charge on any atom is -0.381 e. The van der Waals surface area contributed by atoms with E-state index in [4.69, 9.17) is 10.5 Å². The van der Waals surface area contributed by atoms with Crippen LogP contribution in [0, 0.1) is 22.5 Å². The Morgan fingerprint density at radius 3 is 2.68 bits per heavy atom. The van der Waals surface area contributed by atoms with Gasteiger partial charge in [-0.05, 0) is 43.7 Å². The highest BCUT2D eigenvalue weighted by Gasteiger charge is 2.32. The van der Waals surface area contributed by atoms with Crippen LogP contribution >= 0.6 is 0 Å². The largest absolute Gasteiger partial charge is 0.381 e. The molecule has 0 bridgehead atoms. The van der Waals surface area contributed by atoms with Gasteiger partial charge in [-0.2, -0.15) is 0 Å². The van der Waals surface area contributed by atoms with Gasteiger partial charge in [-0.25, -0.2) is 0 Å². The Labute approximate surface area is 112 Å². The van der Waals surface area contributed by atoms with Gasteiger partial charge in [-0.15, -0.1) is 0 Å². The monoisotopic (exact) mass is 264 g/mol. The zero-order valence-electron chi connectivity index (χ0n) is 11.2. The van der Waals surface area contributed by atoms with E-state index < -0.39 is 0 Å². The van der Waals surface area contributed by atoms with Crippen LogP contribution in [-0.2, 0) is 11.2 Å².